The minimum atomic E-state index is 0.313. The van der Waals surface area contributed by atoms with Gasteiger partial charge in [-0.05, 0) is 116 Å². The van der Waals surface area contributed by atoms with Crippen LogP contribution in [0.3, 0.4) is 0 Å². The molecule has 1 N–H and O–H groups in total. The summed E-state index contributed by atoms with van der Waals surface area (Å²) in [7, 11) is 0. The highest BCUT2D eigenvalue weighted by molar-refractivity contribution is 5.11. The van der Waals surface area contributed by atoms with Crippen LogP contribution >= 0.6 is 0 Å². The number of rotatable bonds is 6. The van der Waals surface area contributed by atoms with Crippen molar-refractivity contribution in [1.82, 2.24) is 0 Å². The Bertz CT molecular complexity index is 607. The molecule has 1 unspecified atom stereocenters. The Morgan fingerprint density at radius 2 is 1.60 bits per heavy atom. The molecule has 0 aromatic heterocycles. The molecule has 1 nitrogen and oxygen atoms in total. The summed E-state index contributed by atoms with van der Waals surface area (Å²) in [6.45, 7) is 12.8. The maximum atomic E-state index is 9.44. The smallest absolute Gasteiger partial charge is 0.0436 e. The molecule has 0 amide bonds. The van der Waals surface area contributed by atoms with Gasteiger partial charge in [-0.15, -0.1) is 0 Å². The average molecular weight is 415 g/mol. The Balaban J connectivity index is 1.48. The molecule has 172 valence electrons. The number of aliphatic hydroxyl groups excluding tert-OH is 1. The van der Waals surface area contributed by atoms with Crippen molar-refractivity contribution in [3.8, 4) is 0 Å². The van der Waals surface area contributed by atoms with E-state index < -0.39 is 0 Å². The molecule has 4 aliphatic carbocycles. The molecule has 4 fully saturated rings. The van der Waals surface area contributed by atoms with Gasteiger partial charge >= 0.3 is 0 Å². The molecule has 0 saturated heterocycles. The molecule has 30 heavy (non-hydrogen) atoms. The molecule has 4 rings (SSSR count). The molecule has 0 heterocycles. The van der Waals surface area contributed by atoms with E-state index in [1.807, 2.05) is 0 Å². The third-order valence-electron chi connectivity index (χ3n) is 11.3. The van der Waals surface area contributed by atoms with Crippen molar-refractivity contribution >= 4 is 0 Å². The van der Waals surface area contributed by atoms with Crippen molar-refractivity contribution in [2.45, 2.75) is 105 Å². The normalized spacial score (nSPS) is 45.8. The first kappa shape index (κ1) is 22.9. The van der Waals surface area contributed by atoms with Gasteiger partial charge in [-0.25, -0.2) is 0 Å². The fourth-order valence-electron chi connectivity index (χ4n) is 9.45. The van der Waals surface area contributed by atoms with Gasteiger partial charge in [0.2, 0.25) is 0 Å². The molecule has 4 saturated carbocycles. The number of aliphatic hydroxyl groups is 1. The molecule has 0 aromatic carbocycles. The van der Waals surface area contributed by atoms with Crippen LogP contribution in [0.1, 0.15) is 105 Å². The minimum absolute atomic E-state index is 0.313. The highest BCUT2D eigenvalue weighted by Gasteiger charge is 2.59. The summed E-state index contributed by atoms with van der Waals surface area (Å²) >= 11 is 0. The van der Waals surface area contributed by atoms with Crippen LogP contribution in [0.15, 0.2) is 12.2 Å². The van der Waals surface area contributed by atoms with Crippen LogP contribution in [0.4, 0.5) is 0 Å². The van der Waals surface area contributed by atoms with E-state index in [0.29, 0.717) is 35.2 Å². The van der Waals surface area contributed by atoms with Crippen molar-refractivity contribution in [3.63, 3.8) is 0 Å². The standard InChI is InChI=1S/C29H50O/c1-20(2)22(16-19-30)10-9-21(3)25-13-14-26-24-12-11-23-8-6-7-17-28(23,4)27(24)15-18-29(25,26)5/h9-10,20-27,30H,6-8,11-19H2,1-5H3/t21-,22-,23?,24+,25-,26+,27+,28+,29-/m1/s1. The van der Waals surface area contributed by atoms with Crippen LogP contribution in [0.2, 0.25) is 0 Å². The second kappa shape index (κ2) is 8.92. The van der Waals surface area contributed by atoms with Gasteiger partial charge in [0, 0.05) is 6.61 Å². The lowest BCUT2D eigenvalue weighted by atomic mass is 9.44. The highest BCUT2D eigenvalue weighted by Crippen LogP contribution is 2.68. The zero-order chi connectivity index (χ0) is 21.5. The van der Waals surface area contributed by atoms with E-state index in [0.717, 1.165) is 36.0 Å². The summed E-state index contributed by atoms with van der Waals surface area (Å²) in [6.07, 6.45) is 20.9. The van der Waals surface area contributed by atoms with Crippen molar-refractivity contribution in [2.24, 2.45) is 58.2 Å². The Morgan fingerprint density at radius 3 is 2.33 bits per heavy atom. The fraction of sp³-hybridized carbons (Fsp3) is 0.931. The van der Waals surface area contributed by atoms with E-state index in [1.54, 1.807) is 0 Å². The van der Waals surface area contributed by atoms with Gasteiger partial charge in [0.25, 0.3) is 0 Å². The Morgan fingerprint density at radius 1 is 0.833 bits per heavy atom. The minimum Gasteiger partial charge on any atom is -0.396 e. The number of hydrogen-bond acceptors (Lipinski definition) is 1. The first-order valence-electron chi connectivity index (χ1n) is 13.6. The molecule has 0 bridgehead atoms. The maximum Gasteiger partial charge on any atom is 0.0436 e. The second-order valence-corrected chi connectivity index (χ2v) is 12.8. The summed E-state index contributed by atoms with van der Waals surface area (Å²) in [6, 6.07) is 0. The zero-order valence-corrected chi connectivity index (χ0v) is 20.7. The number of fused-ring (bicyclic) bond motifs is 5. The van der Waals surface area contributed by atoms with Crippen molar-refractivity contribution < 1.29 is 5.11 Å². The zero-order valence-electron chi connectivity index (χ0n) is 20.7. The second-order valence-electron chi connectivity index (χ2n) is 12.8. The predicted molar refractivity (Wildman–Crippen MR) is 128 cm³/mol. The van der Waals surface area contributed by atoms with Crippen LogP contribution in [-0.4, -0.2) is 11.7 Å². The van der Waals surface area contributed by atoms with Crippen LogP contribution in [0, 0.1) is 58.2 Å². The first-order chi connectivity index (χ1) is 14.3. The quantitative estimate of drug-likeness (QED) is 0.438. The Hall–Kier alpha value is -0.300. The lowest BCUT2D eigenvalue weighted by Crippen LogP contribution is -2.53. The van der Waals surface area contributed by atoms with E-state index in [2.05, 4.69) is 46.8 Å². The van der Waals surface area contributed by atoms with Gasteiger partial charge in [-0.2, -0.15) is 0 Å². The number of allylic oxidation sites excluding steroid dienone is 2. The molecule has 1 heteroatoms. The van der Waals surface area contributed by atoms with Crippen molar-refractivity contribution in [1.29, 1.82) is 0 Å². The maximum absolute atomic E-state index is 9.44. The third-order valence-corrected chi connectivity index (χ3v) is 11.3. The molecule has 0 spiro atoms. The highest BCUT2D eigenvalue weighted by atomic mass is 16.3. The van der Waals surface area contributed by atoms with Crippen molar-refractivity contribution in [2.75, 3.05) is 6.61 Å². The van der Waals surface area contributed by atoms with Crippen LogP contribution < -0.4 is 0 Å². The summed E-state index contributed by atoms with van der Waals surface area (Å²) in [5, 5.41) is 9.44. The van der Waals surface area contributed by atoms with E-state index >= 15 is 0 Å². The SMILES string of the molecule is CC(C)[C@H](C=C[C@@H](C)[C@H]1CC[C@H]2[C@@H]3CCC4CCCC[C@]4(C)[C@H]3CC[C@]12C)CCO. The topological polar surface area (TPSA) is 20.2 Å². The van der Waals surface area contributed by atoms with Gasteiger partial charge < -0.3 is 5.11 Å². The summed E-state index contributed by atoms with van der Waals surface area (Å²) in [5.74, 6) is 6.74. The molecule has 9 atom stereocenters. The number of hydrogen-bond donors (Lipinski definition) is 1. The fourth-order valence-corrected chi connectivity index (χ4v) is 9.45. The first-order valence-corrected chi connectivity index (χ1v) is 13.6. The summed E-state index contributed by atoms with van der Waals surface area (Å²) in [4.78, 5) is 0. The van der Waals surface area contributed by atoms with E-state index in [4.69, 9.17) is 0 Å². The molecule has 0 aromatic rings. The van der Waals surface area contributed by atoms with E-state index in [9.17, 15) is 5.11 Å². The third kappa shape index (κ3) is 3.84. The molecule has 0 radical (unpaired) electrons. The largest absolute Gasteiger partial charge is 0.396 e. The van der Waals surface area contributed by atoms with Crippen LogP contribution in [-0.2, 0) is 0 Å². The average Bonchev–Trinajstić information content (AvgIpc) is 3.07. The monoisotopic (exact) mass is 414 g/mol. The predicted octanol–water partition coefficient (Wildman–Crippen LogP) is 7.88. The van der Waals surface area contributed by atoms with E-state index in [1.165, 1.54) is 64.2 Å². The van der Waals surface area contributed by atoms with E-state index in [-0.39, 0.29) is 0 Å². The molecular formula is C29H50O. The molecule has 0 aliphatic heterocycles. The summed E-state index contributed by atoms with van der Waals surface area (Å²) in [5.41, 5.74) is 1.23. The Kier molecular flexibility index (Phi) is 6.80. The van der Waals surface area contributed by atoms with Gasteiger partial charge in [0.05, 0.1) is 0 Å². The van der Waals surface area contributed by atoms with Crippen LogP contribution in [0.25, 0.3) is 0 Å². The lowest BCUT2D eigenvalue weighted by molar-refractivity contribution is -0.112. The van der Waals surface area contributed by atoms with Gasteiger partial charge in [-0.1, -0.05) is 59.6 Å². The van der Waals surface area contributed by atoms with Crippen LogP contribution in [0.5, 0.6) is 0 Å². The molecular weight excluding hydrogens is 364 g/mol. The van der Waals surface area contributed by atoms with Gasteiger partial charge in [0.1, 0.15) is 0 Å². The lowest BCUT2D eigenvalue weighted by Gasteiger charge is -2.60. The molecule has 4 aliphatic rings. The summed E-state index contributed by atoms with van der Waals surface area (Å²) < 4.78 is 0. The van der Waals surface area contributed by atoms with Gasteiger partial charge in [-0.3, -0.25) is 0 Å². The van der Waals surface area contributed by atoms with Gasteiger partial charge in [0.15, 0.2) is 0 Å². The van der Waals surface area contributed by atoms with Crippen molar-refractivity contribution in [3.05, 3.63) is 12.2 Å². The Labute approximate surface area is 187 Å².